The molecular weight excluding hydrogens is 136 g/mol. The lowest BCUT2D eigenvalue weighted by Crippen LogP contribution is -1.54. The lowest BCUT2D eigenvalue weighted by Gasteiger charge is -1.69. The van der Waals surface area contributed by atoms with Crippen molar-refractivity contribution in [1.29, 1.82) is 5.39 Å². The zero-order valence-electron chi connectivity index (χ0n) is 6.28. The summed E-state index contributed by atoms with van der Waals surface area (Å²) in [6, 6.07) is 8.94. The van der Waals surface area contributed by atoms with Crippen molar-refractivity contribution >= 4 is 5.69 Å². The van der Waals surface area contributed by atoms with Gasteiger partial charge in [0.25, 0.3) is 0 Å². The van der Waals surface area contributed by atoms with E-state index in [2.05, 4.69) is 4.98 Å². The van der Waals surface area contributed by atoms with Crippen molar-refractivity contribution < 1.29 is 0 Å². The highest BCUT2D eigenvalue weighted by atomic mass is 14.8. The molecule has 0 radical (unpaired) electrons. The standard InChI is InChI=1S/C6H5N2.C2H6.CH4/c7-8-6-4-2-1-3-5-6;1-2;/h1-5H;1-2H3;1H4/q+1;;. The van der Waals surface area contributed by atoms with Gasteiger partial charge < -0.3 is 0 Å². The monoisotopic (exact) mass is 151 g/mol. The molecule has 0 bridgehead atoms. The van der Waals surface area contributed by atoms with E-state index in [-0.39, 0.29) is 7.43 Å². The maximum Gasteiger partial charge on any atom is 0.385 e. The van der Waals surface area contributed by atoms with Crippen LogP contribution in [0.2, 0.25) is 0 Å². The van der Waals surface area contributed by atoms with Gasteiger partial charge in [0.2, 0.25) is 5.39 Å². The maximum atomic E-state index is 8.16. The molecule has 0 aliphatic carbocycles. The topological polar surface area (TPSA) is 28.1 Å². The lowest BCUT2D eigenvalue weighted by atomic mass is 10.3. The summed E-state index contributed by atoms with van der Waals surface area (Å²) >= 11 is 0. The van der Waals surface area contributed by atoms with E-state index in [1.807, 2.05) is 32.0 Å². The lowest BCUT2D eigenvalue weighted by molar-refractivity contribution is 1.46. The Bertz CT molecular complexity index is 199. The van der Waals surface area contributed by atoms with Crippen molar-refractivity contribution in [3.8, 4) is 0 Å². The Balaban J connectivity index is 0. The fraction of sp³-hybridized carbons (Fsp3) is 0.333. The van der Waals surface area contributed by atoms with Crippen LogP contribution < -0.4 is 0 Å². The molecule has 0 amide bonds. The molecule has 11 heavy (non-hydrogen) atoms. The van der Waals surface area contributed by atoms with E-state index in [1.54, 1.807) is 12.1 Å². The summed E-state index contributed by atoms with van der Waals surface area (Å²) in [5.74, 6) is 0. The highest BCUT2D eigenvalue weighted by Gasteiger charge is 1.95. The molecular formula is C9H15N2+. The van der Waals surface area contributed by atoms with Gasteiger partial charge in [-0.05, 0) is 0 Å². The van der Waals surface area contributed by atoms with E-state index < -0.39 is 0 Å². The molecule has 0 aliphatic rings. The summed E-state index contributed by atoms with van der Waals surface area (Å²) in [5, 5.41) is 8.16. The number of rotatable bonds is 0. The Morgan fingerprint density at radius 3 is 1.82 bits per heavy atom. The van der Waals surface area contributed by atoms with Crippen molar-refractivity contribution in [2.24, 2.45) is 0 Å². The molecule has 0 aliphatic heterocycles. The van der Waals surface area contributed by atoms with Crippen LogP contribution in [0, 0.1) is 5.39 Å². The quantitative estimate of drug-likeness (QED) is 0.518. The second kappa shape index (κ2) is 8.64. The van der Waals surface area contributed by atoms with Crippen LogP contribution in [0.25, 0.3) is 4.98 Å². The van der Waals surface area contributed by atoms with Crippen LogP contribution >= 0.6 is 0 Å². The van der Waals surface area contributed by atoms with Crippen LogP contribution in [-0.2, 0) is 0 Å². The minimum Gasteiger partial charge on any atom is -0.0776 e. The van der Waals surface area contributed by atoms with Gasteiger partial charge in [0, 0.05) is 12.1 Å². The number of diazo groups is 1. The second-order valence-corrected chi connectivity index (χ2v) is 1.44. The predicted molar refractivity (Wildman–Crippen MR) is 49.3 cm³/mol. The first-order chi connectivity index (χ1) is 4.93. The van der Waals surface area contributed by atoms with Gasteiger partial charge in [-0.2, -0.15) is 0 Å². The van der Waals surface area contributed by atoms with Gasteiger partial charge in [0.1, 0.15) is 0 Å². The second-order valence-electron chi connectivity index (χ2n) is 1.44. The Morgan fingerprint density at radius 1 is 1.09 bits per heavy atom. The van der Waals surface area contributed by atoms with E-state index in [1.165, 1.54) is 0 Å². The van der Waals surface area contributed by atoms with Gasteiger partial charge in [-0.3, -0.25) is 0 Å². The van der Waals surface area contributed by atoms with Crippen LogP contribution in [-0.4, -0.2) is 0 Å². The molecule has 60 valence electrons. The minimum atomic E-state index is 0. The Labute approximate surface area is 68.5 Å². The van der Waals surface area contributed by atoms with Crippen LogP contribution in [0.15, 0.2) is 30.3 Å². The van der Waals surface area contributed by atoms with Crippen LogP contribution in [0.1, 0.15) is 21.3 Å². The number of benzene rings is 1. The van der Waals surface area contributed by atoms with E-state index in [4.69, 9.17) is 5.39 Å². The summed E-state index contributed by atoms with van der Waals surface area (Å²) in [5.41, 5.74) is 0.590. The molecule has 2 nitrogen and oxygen atoms in total. The van der Waals surface area contributed by atoms with Gasteiger partial charge in [-0.15, -0.1) is 0 Å². The van der Waals surface area contributed by atoms with Crippen LogP contribution in [0.3, 0.4) is 0 Å². The van der Waals surface area contributed by atoms with Crippen molar-refractivity contribution in [2.75, 3.05) is 0 Å². The Morgan fingerprint density at radius 2 is 1.55 bits per heavy atom. The average molecular weight is 151 g/mol. The summed E-state index contributed by atoms with van der Waals surface area (Å²) in [6.07, 6.45) is 0. The smallest absolute Gasteiger partial charge is 0.0776 e. The first-order valence-corrected chi connectivity index (χ1v) is 3.33. The van der Waals surface area contributed by atoms with Crippen LogP contribution in [0.4, 0.5) is 5.69 Å². The van der Waals surface area contributed by atoms with Gasteiger partial charge in [-0.25, -0.2) is 0 Å². The first-order valence-electron chi connectivity index (χ1n) is 3.33. The highest BCUT2D eigenvalue weighted by molar-refractivity contribution is 5.42. The minimum absolute atomic E-state index is 0. The molecule has 0 aromatic heterocycles. The molecule has 0 unspecified atom stereocenters. The summed E-state index contributed by atoms with van der Waals surface area (Å²) < 4.78 is 0. The number of nitrogens with zero attached hydrogens (tertiary/aromatic N) is 2. The molecule has 1 rings (SSSR count). The van der Waals surface area contributed by atoms with E-state index in [9.17, 15) is 0 Å². The largest absolute Gasteiger partial charge is 0.385 e. The molecule has 1 aromatic carbocycles. The number of hydrogen-bond acceptors (Lipinski definition) is 1. The highest BCUT2D eigenvalue weighted by Crippen LogP contribution is 2.07. The maximum absolute atomic E-state index is 8.16. The SMILES string of the molecule is C.CC.N#[N+]c1ccccc1. The molecule has 0 fully saturated rings. The molecule has 0 atom stereocenters. The van der Waals surface area contributed by atoms with E-state index in [0.717, 1.165) is 0 Å². The molecule has 0 N–H and O–H groups in total. The zero-order valence-corrected chi connectivity index (χ0v) is 6.28. The fourth-order valence-electron chi connectivity index (χ4n) is 0.495. The van der Waals surface area contributed by atoms with Gasteiger partial charge in [-0.1, -0.05) is 39.5 Å². The molecule has 2 heteroatoms. The van der Waals surface area contributed by atoms with E-state index in [0.29, 0.717) is 5.69 Å². The summed E-state index contributed by atoms with van der Waals surface area (Å²) in [6.45, 7) is 4.00. The van der Waals surface area contributed by atoms with Gasteiger partial charge in [0.15, 0.2) is 4.98 Å². The third-order valence-electron chi connectivity index (χ3n) is 0.872. The van der Waals surface area contributed by atoms with Crippen LogP contribution in [0.5, 0.6) is 0 Å². The third-order valence-corrected chi connectivity index (χ3v) is 0.872. The molecule has 0 saturated heterocycles. The predicted octanol–water partition coefficient (Wildman–Crippen LogP) is 3.83. The van der Waals surface area contributed by atoms with Crippen molar-refractivity contribution in [3.63, 3.8) is 0 Å². The summed E-state index contributed by atoms with van der Waals surface area (Å²) in [4.78, 5) is 2.97. The Hall–Kier alpha value is -1.36. The zero-order chi connectivity index (χ0) is 7.82. The van der Waals surface area contributed by atoms with Crippen molar-refractivity contribution in [3.05, 3.63) is 35.3 Å². The van der Waals surface area contributed by atoms with Crippen molar-refractivity contribution in [2.45, 2.75) is 21.3 Å². The third kappa shape index (κ3) is 5.10. The van der Waals surface area contributed by atoms with Gasteiger partial charge >= 0.3 is 5.69 Å². The van der Waals surface area contributed by atoms with Gasteiger partial charge in [0.05, 0.1) is 0 Å². The molecule has 1 aromatic rings. The summed E-state index contributed by atoms with van der Waals surface area (Å²) in [7, 11) is 0. The normalized spacial score (nSPS) is 6.27. The first kappa shape index (κ1) is 12.3. The Kier molecular flexibility index (Phi) is 9.68. The van der Waals surface area contributed by atoms with Crippen molar-refractivity contribution in [1.82, 2.24) is 0 Å². The molecule has 0 saturated carbocycles. The molecule has 0 spiro atoms. The molecule has 0 heterocycles. The average Bonchev–Trinajstić information content (AvgIpc) is 2.10. The van der Waals surface area contributed by atoms with E-state index >= 15 is 0 Å². The number of hydrogen-bond donors (Lipinski definition) is 0. The fourth-order valence-corrected chi connectivity index (χ4v) is 0.495.